The van der Waals surface area contributed by atoms with Gasteiger partial charge in [-0.05, 0) is 35.8 Å². The molecule has 0 saturated heterocycles. The van der Waals surface area contributed by atoms with E-state index in [0.717, 1.165) is 18.5 Å². The molecule has 0 unspecified atom stereocenters. The van der Waals surface area contributed by atoms with Crippen molar-refractivity contribution in [3.63, 3.8) is 0 Å². The molecule has 0 N–H and O–H groups in total. The molecular weight excluding hydrogens is 327 g/mol. The molecule has 132 valence electrons. The van der Waals surface area contributed by atoms with Crippen molar-refractivity contribution in [2.75, 3.05) is 13.1 Å². The summed E-state index contributed by atoms with van der Waals surface area (Å²) in [6.07, 6.45) is 5.50. The summed E-state index contributed by atoms with van der Waals surface area (Å²) in [7, 11) is 2.06. The van der Waals surface area contributed by atoms with Crippen LogP contribution in [0.15, 0.2) is 60.8 Å². The Kier molecular flexibility index (Phi) is 4.33. The number of carbonyl (C=O) groups is 1. The third-order valence-electron chi connectivity index (χ3n) is 5.07. The highest BCUT2D eigenvalue weighted by molar-refractivity contribution is 5.93. The predicted octanol–water partition coefficient (Wildman–Crippen LogP) is 4.18. The van der Waals surface area contributed by atoms with Crippen molar-refractivity contribution < 1.29 is 9.18 Å². The molecule has 1 aliphatic rings. The molecule has 2 heterocycles. The monoisotopic (exact) mass is 348 g/mol. The number of halogens is 1. The van der Waals surface area contributed by atoms with Gasteiger partial charge in [0, 0.05) is 42.8 Å². The van der Waals surface area contributed by atoms with Crippen LogP contribution in [0.3, 0.4) is 0 Å². The average Bonchev–Trinajstić information content (AvgIpc) is 3.01. The van der Waals surface area contributed by atoms with Gasteiger partial charge in [-0.3, -0.25) is 4.79 Å². The molecule has 4 rings (SSSR count). The van der Waals surface area contributed by atoms with E-state index in [-0.39, 0.29) is 11.7 Å². The number of nitrogens with zero attached hydrogens (tertiary/aromatic N) is 2. The average molecular weight is 348 g/mol. The molecule has 1 aromatic heterocycles. The molecule has 4 heteroatoms. The van der Waals surface area contributed by atoms with E-state index in [1.807, 2.05) is 4.90 Å². The zero-order chi connectivity index (χ0) is 18.1. The fraction of sp³-hybridized carbons (Fsp3) is 0.227. The summed E-state index contributed by atoms with van der Waals surface area (Å²) in [5.74, 6) is -0.188. The molecule has 0 saturated carbocycles. The Morgan fingerprint density at radius 3 is 2.62 bits per heavy atom. The van der Waals surface area contributed by atoms with E-state index in [1.165, 1.54) is 34.2 Å². The van der Waals surface area contributed by atoms with E-state index in [9.17, 15) is 9.18 Å². The first-order valence-electron chi connectivity index (χ1n) is 8.87. The minimum absolute atomic E-state index is 0.0878. The van der Waals surface area contributed by atoms with Gasteiger partial charge in [-0.15, -0.1) is 0 Å². The van der Waals surface area contributed by atoms with Crippen LogP contribution in [0.4, 0.5) is 4.39 Å². The predicted molar refractivity (Wildman–Crippen MR) is 102 cm³/mol. The van der Waals surface area contributed by atoms with Crippen LogP contribution in [0.2, 0.25) is 0 Å². The van der Waals surface area contributed by atoms with Gasteiger partial charge in [0.15, 0.2) is 0 Å². The Morgan fingerprint density at radius 1 is 1.12 bits per heavy atom. The Bertz CT molecular complexity index is 985. The van der Waals surface area contributed by atoms with Crippen LogP contribution in [0.25, 0.3) is 16.5 Å². The van der Waals surface area contributed by atoms with Gasteiger partial charge in [-0.1, -0.05) is 36.4 Å². The smallest absolute Gasteiger partial charge is 0.227 e. The van der Waals surface area contributed by atoms with Gasteiger partial charge >= 0.3 is 0 Å². The van der Waals surface area contributed by atoms with Gasteiger partial charge in [0.2, 0.25) is 5.91 Å². The van der Waals surface area contributed by atoms with E-state index in [1.54, 1.807) is 12.1 Å². The molecule has 3 nitrogen and oxygen atoms in total. The van der Waals surface area contributed by atoms with Crippen molar-refractivity contribution in [3.05, 3.63) is 77.7 Å². The van der Waals surface area contributed by atoms with E-state index in [0.29, 0.717) is 13.0 Å². The SMILES string of the molecule is Cn1cc(C2=CCN(C(=O)Cc3ccc(F)cc3)CC2)c2ccccc21. The Labute approximate surface area is 152 Å². The summed E-state index contributed by atoms with van der Waals surface area (Å²) in [6.45, 7) is 1.34. The molecular formula is C22H21FN2O. The van der Waals surface area contributed by atoms with Gasteiger partial charge in [0.1, 0.15) is 5.82 Å². The lowest BCUT2D eigenvalue weighted by molar-refractivity contribution is -0.130. The number of aromatic nitrogens is 1. The minimum Gasteiger partial charge on any atom is -0.350 e. The maximum absolute atomic E-state index is 13.0. The van der Waals surface area contributed by atoms with Crippen molar-refractivity contribution in [3.8, 4) is 0 Å². The minimum atomic E-state index is -0.276. The van der Waals surface area contributed by atoms with Crippen molar-refractivity contribution in [1.82, 2.24) is 9.47 Å². The number of hydrogen-bond acceptors (Lipinski definition) is 1. The third kappa shape index (κ3) is 3.15. The van der Waals surface area contributed by atoms with Gasteiger partial charge in [-0.25, -0.2) is 4.39 Å². The van der Waals surface area contributed by atoms with Crippen LogP contribution < -0.4 is 0 Å². The number of hydrogen-bond donors (Lipinski definition) is 0. The molecule has 26 heavy (non-hydrogen) atoms. The largest absolute Gasteiger partial charge is 0.350 e. The summed E-state index contributed by atoms with van der Waals surface area (Å²) in [5.41, 5.74) is 4.62. The van der Waals surface area contributed by atoms with Crippen molar-refractivity contribution >= 4 is 22.4 Å². The first kappa shape index (κ1) is 16.6. The first-order valence-corrected chi connectivity index (χ1v) is 8.87. The summed E-state index contributed by atoms with van der Waals surface area (Å²) in [5, 5.41) is 1.26. The quantitative estimate of drug-likeness (QED) is 0.697. The van der Waals surface area contributed by atoms with E-state index in [2.05, 4.69) is 48.2 Å². The topological polar surface area (TPSA) is 25.2 Å². The second-order valence-electron chi connectivity index (χ2n) is 6.79. The molecule has 1 amide bonds. The van der Waals surface area contributed by atoms with Gasteiger partial charge < -0.3 is 9.47 Å². The maximum atomic E-state index is 13.0. The molecule has 2 aromatic carbocycles. The van der Waals surface area contributed by atoms with Crippen LogP contribution in [0, 0.1) is 5.82 Å². The fourth-order valence-corrected chi connectivity index (χ4v) is 3.63. The van der Waals surface area contributed by atoms with Gasteiger partial charge in [0.25, 0.3) is 0 Å². The van der Waals surface area contributed by atoms with Crippen molar-refractivity contribution in [2.24, 2.45) is 7.05 Å². The molecule has 0 fully saturated rings. The lowest BCUT2D eigenvalue weighted by Gasteiger charge is -2.26. The van der Waals surface area contributed by atoms with Crippen molar-refractivity contribution in [1.29, 1.82) is 0 Å². The molecule has 1 aliphatic heterocycles. The number of amides is 1. The molecule has 0 atom stereocenters. The van der Waals surface area contributed by atoms with Crippen LogP contribution in [-0.2, 0) is 18.3 Å². The lowest BCUT2D eigenvalue weighted by atomic mass is 9.98. The fourth-order valence-electron chi connectivity index (χ4n) is 3.63. The number of carbonyl (C=O) groups excluding carboxylic acids is 1. The normalized spacial score (nSPS) is 14.5. The van der Waals surface area contributed by atoms with Crippen molar-refractivity contribution in [2.45, 2.75) is 12.8 Å². The van der Waals surface area contributed by atoms with Gasteiger partial charge in [-0.2, -0.15) is 0 Å². The maximum Gasteiger partial charge on any atom is 0.227 e. The second-order valence-corrected chi connectivity index (χ2v) is 6.79. The van der Waals surface area contributed by atoms with Crippen LogP contribution in [-0.4, -0.2) is 28.5 Å². The Balaban J connectivity index is 1.49. The number of benzene rings is 2. The van der Waals surface area contributed by atoms with E-state index < -0.39 is 0 Å². The standard InChI is InChI=1S/C22H21FN2O/c1-24-15-20(19-4-2-3-5-21(19)24)17-10-12-25(13-11-17)22(26)14-16-6-8-18(23)9-7-16/h2-10,15H,11-14H2,1H3. The third-order valence-corrected chi connectivity index (χ3v) is 5.07. The Hall–Kier alpha value is -2.88. The van der Waals surface area contributed by atoms with Crippen LogP contribution in [0.5, 0.6) is 0 Å². The molecule has 0 aliphatic carbocycles. The lowest BCUT2D eigenvalue weighted by Crippen LogP contribution is -2.35. The first-order chi connectivity index (χ1) is 12.6. The molecule has 0 spiro atoms. The molecule has 0 bridgehead atoms. The number of rotatable bonds is 3. The highest BCUT2D eigenvalue weighted by Crippen LogP contribution is 2.30. The van der Waals surface area contributed by atoms with Crippen LogP contribution >= 0.6 is 0 Å². The zero-order valence-electron chi connectivity index (χ0n) is 14.8. The summed E-state index contributed by atoms with van der Waals surface area (Å²) < 4.78 is 15.1. The summed E-state index contributed by atoms with van der Waals surface area (Å²) >= 11 is 0. The van der Waals surface area contributed by atoms with Gasteiger partial charge in [0.05, 0.1) is 6.42 Å². The zero-order valence-corrected chi connectivity index (χ0v) is 14.8. The summed E-state index contributed by atoms with van der Waals surface area (Å²) in [4.78, 5) is 14.4. The highest BCUT2D eigenvalue weighted by atomic mass is 19.1. The summed E-state index contributed by atoms with van der Waals surface area (Å²) in [6, 6.07) is 14.5. The van der Waals surface area contributed by atoms with E-state index >= 15 is 0 Å². The van der Waals surface area contributed by atoms with Crippen LogP contribution in [0.1, 0.15) is 17.5 Å². The molecule has 3 aromatic rings. The highest BCUT2D eigenvalue weighted by Gasteiger charge is 2.20. The number of para-hydroxylation sites is 1. The molecule has 0 radical (unpaired) electrons. The number of fused-ring (bicyclic) bond motifs is 1. The Morgan fingerprint density at radius 2 is 1.88 bits per heavy atom. The number of aryl methyl sites for hydroxylation is 1. The second kappa shape index (κ2) is 6.79. The van der Waals surface area contributed by atoms with E-state index in [4.69, 9.17) is 0 Å².